The van der Waals surface area contributed by atoms with Crippen molar-refractivity contribution in [2.45, 2.75) is 18.4 Å². The molecule has 0 saturated carbocycles. The molecule has 0 radical (unpaired) electrons. The maximum atomic E-state index is 11.8. The van der Waals surface area contributed by atoms with Gasteiger partial charge in [-0.05, 0) is 18.6 Å². The van der Waals surface area contributed by atoms with Crippen LogP contribution in [0, 0.1) is 0 Å². The Kier molecular flexibility index (Phi) is 4.89. The third-order valence-electron chi connectivity index (χ3n) is 1.98. The fraction of sp³-hybridized carbons (Fsp3) is 0.400. The van der Waals surface area contributed by atoms with Gasteiger partial charge >= 0.3 is 0 Å². The lowest BCUT2D eigenvalue weighted by molar-refractivity contribution is -0.118. The summed E-state index contributed by atoms with van der Waals surface area (Å²) in [6.45, 7) is 1.72. The van der Waals surface area contributed by atoms with Crippen molar-refractivity contribution < 1.29 is 13.2 Å². The molecule has 1 rings (SSSR count). The monoisotopic (exact) mass is 276 g/mol. The summed E-state index contributed by atoms with van der Waals surface area (Å²) in [6.07, 6.45) is 1.65. The van der Waals surface area contributed by atoms with Gasteiger partial charge < -0.3 is 5.32 Å². The molecule has 0 aliphatic heterocycles. The molecule has 94 valence electrons. The normalized spacial score (nSPS) is 11.2. The van der Waals surface area contributed by atoms with Gasteiger partial charge in [-0.15, -0.1) is 0 Å². The summed E-state index contributed by atoms with van der Waals surface area (Å²) in [5.74, 6) is -0.228. The lowest BCUT2D eigenvalue weighted by atomic mass is 10.5. The molecular weight excluding hydrogens is 264 g/mol. The van der Waals surface area contributed by atoms with Crippen LogP contribution in [0.1, 0.15) is 13.3 Å². The first-order valence-corrected chi connectivity index (χ1v) is 7.03. The predicted octanol–water partition coefficient (Wildman–Crippen LogP) is 1.03. The van der Waals surface area contributed by atoms with Crippen molar-refractivity contribution in [3.05, 3.63) is 23.4 Å². The number of halogens is 1. The Labute approximate surface area is 105 Å². The molecule has 0 spiro atoms. The standard InChI is InChI=1S/C10H13ClN2O3S/c1-8(14)12-5-2-6-17(15,16)10-4-3-9(11)7-13-10/h3-4,7H,2,5-6H2,1H3,(H,12,14). The zero-order valence-corrected chi connectivity index (χ0v) is 10.9. The second-order valence-electron chi connectivity index (χ2n) is 3.47. The maximum Gasteiger partial charge on any atom is 0.216 e. The summed E-state index contributed by atoms with van der Waals surface area (Å²) in [5.41, 5.74) is 0. The SMILES string of the molecule is CC(=O)NCCCS(=O)(=O)c1ccc(Cl)cn1. The summed E-state index contributed by atoms with van der Waals surface area (Å²) >= 11 is 5.62. The van der Waals surface area contributed by atoms with Gasteiger partial charge in [0.1, 0.15) is 0 Å². The molecular formula is C10H13ClN2O3S. The van der Waals surface area contributed by atoms with E-state index in [2.05, 4.69) is 10.3 Å². The number of nitrogens with one attached hydrogen (secondary N) is 1. The van der Waals surface area contributed by atoms with Gasteiger partial charge in [0.2, 0.25) is 5.91 Å². The Hall–Kier alpha value is -1.14. The average Bonchev–Trinajstić information content (AvgIpc) is 2.25. The summed E-state index contributed by atoms with van der Waals surface area (Å²) in [4.78, 5) is 14.3. The third-order valence-corrected chi connectivity index (χ3v) is 3.91. The predicted molar refractivity (Wildman–Crippen MR) is 64.6 cm³/mol. The van der Waals surface area contributed by atoms with Gasteiger partial charge in [-0.2, -0.15) is 0 Å². The van der Waals surface area contributed by atoms with E-state index >= 15 is 0 Å². The molecule has 0 saturated heterocycles. The van der Waals surface area contributed by atoms with Gasteiger partial charge in [0.25, 0.3) is 0 Å². The van der Waals surface area contributed by atoms with E-state index in [-0.39, 0.29) is 16.7 Å². The van der Waals surface area contributed by atoms with Crippen LogP contribution in [0.15, 0.2) is 23.4 Å². The van der Waals surface area contributed by atoms with E-state index in [1.807, 2.05) is 0 Å². The van der Waals surface area contributed by atoms with Gasteiger partial charge in [0.15, 0.2) is 14.9 Å². The first kappa shape index (κ1) is 13.9. The fourth-order valence-corrected chi connectivity index (χ4v) is 2.51. The Morgan fingerprint density at radius 2 is 2.18 bits per heavy atom. The smallest absolute Gasteiger partial charge is 0.216 e. The highest BCUT2D eigenvalue weighted by molar-refractivity contribution is 7.91. The van der Waals surface area contributed by atoms with Crippen molar-refractivity contribution in [2.75, 3.05) is 12.3 Å². The van der Waals surface area contributed by atoms with Crippen LogP contribution < -0.4 is 5.32 Å². The minimum atomic E-state index is -3.40. The zero-order valence-electron chi connectivity index (χ0n) is 9.31. The van der Waals surface area contributed by atoms with Crippen molar-refractivity contribution in [3.8, 4) is 0 Å². The van der Waals surface area contributed by atoms with Crippen LogP contribution in [0.4, 0.5) is 0 Å². The number of rotatable bonds is 5. The van der Waals surface area contributed by atoms with E-state index in [9.17, 15) is 13.2 Å². The van der Waals surface area contributed by atoms with Gasteiger partial charge in [0.05, 0.1) is 10.8 Å². The van der Waals surface area contributed by atoms with Crippen LogP contribution in [0.2, 0.25) is 5.02 Å². The highest BCUT2D eigenvalue weighted by Crippen LogP contribution is 2.12. The molecule has 0 atom stereocenters. The van der Waals surface area contributed by atoms with Crippen molar-refractivity contribution in [2.24, 2.45) is 0 Å². The fourth-order valence-electron chi connectivity index (χ4n) is 1.18. The molecule has 0 aromatic carbocycles. The molecule has 7 heteroatoms. The van der Waals surface area contributed by atoms with Gasteiger partial charge in [-0.25, -0.2) is 13.4 Å². The van der Waals surface area contributed by atoms with E-state index in [1.165, 1.54) is 25.3 Å². The molecule has 17 heavy (non-hydrogen) atoms. The summed E-state index contributed by atoms with van der Waals surface area (Å²) < 4.78 is 23.5. The maximum absolute atomic E-state index is 11.8. The first-order valence-electron chi connectivity index (χ1n) is 5.00. The molecule has 5 nitrogen and oxygen atoms in total. The Morgan fingerprint density at radius 3 is 2.71 bits per heavy atom. The number of aromatic nitrogens is 1. The van der Waals surface area contributed by atoms with E-state index in [0.29, 0.717) is 18.0 Å². The minimum absolute atomic E-state index is 0.00438. The van der Waals surface area contributed by atoms with Crippen LogP contribution in [0.5, 0.6) is 0 Å². The number of hydrogen-bond acceptors (Lipinski definition) is 4. The van der Waals surface area contributed by atoms with Crippen LogP contribution in [0.3, 0.4) is 0 Å². The quantitative estimate of drug-likeness (QED) is 0.815. The molecule has 1 amide bonds. The first-order chi connectivity index (χ1) is 7.92. The van der Waals surface area contributed by atoms with Crippen molar-refractivity contribution in [1.82, 2.24) is 10.3 Å². The highest BCUT2D eigenvalue weighted by Gasteiger charge is 2.15. The van der Waals surface area contributed by atoms with E-state index in [1.54, 1.807) is 0 Å². The Morgan fingerprint density at radius 1 is 1.47 bits per heavy atom. The molecule has 1 N–H and O–H groups in total. The van der Waals surface area contributed by atoms with Gasteiger partial charge in [0, 0.05) is 19.7 Å². The summed E-state index contributed by atoms with van der Waals surface area (Å²) in [6, 6.07) is 2.85. The Balaban J connectivity index is 2.57. The number of sulfone groups is 1. The third kappa shape index (κ3) is 4.70. The van der Waals surface area contributed by atoms with Crippen molar-refractivity contribution in [1.29, 1.82) is 0 Å². The second-order valence-corrected chi connectivity index (χ2v) is 5.96. The van der Waals surface area contributed by atoms with Crippen molar-refractivity contribution in [3.63, 3.8) is 0 Å². The second kappa shape index (κ2) is 5.97. The molecule has 1 heterocycles. The topological polar surface area (TPSA) is 76.1 Å². The largest absolute Gasteiger partial charge is 0.356 e. The van der Waals surface area contributed by atoms with Crippen LogP contribution in [-0.2, 0) is 14.6 Å². The number of amides is 1. The van der Waals surface area contributed by atoms with Crippen LogP contribution in [-0.4, -0.2) is 31.6 Å². The molecule has 1 aromatic rings. The number of carbonyl (C=O) groups is 1. The lowest BCUT2D eigenvalue weighted by Crippen LogP contribution is -2.23. The lowest BCUT2D eigenvalue weighted by Gasteiger charge is -2.04. The van der Waals surface area contributed by atoms with E-state index in [4.69, 9.17) is 11.6 Å². The molecule has 1 aromatic heterocycles. The number of pyridine rings is 1. The average molecular weight is 277 g/mol. The minimum Gasteiger partial charge on any atom is -0.356 e. The van der Waals surface area contributed by atoms with E-state index < -0.39 is 9.84 Å². The molecule has 0 unspecified atom stereocenters. The molecule has 0 aliphatic rings. The number of hydrogen-bond donors (Lipinski definition) is 1. The number of nitrogens with zero attached hydrogens (tertiary/aromatic N) is 1. The van der Waals surface area contributed by atoms with E-state index in [0.717, 1.165) is 0 Å². The van der Waals surface area contributed by atoms with Gasteiger partial charge in [-0.3, -0.25) is 4.79 Å². The van der Waals surface area contributed by atoms with Gasteiger partial charge in [-0.1, -0.05) is 11.6 Å². The highest BCUT2D eigenvalue weighted by atomic mass is 35.5. The van der Waals surface area contributed by atoms with Crippen LogP contribution in [0.25, 0.3) is 0 Å². The molecule has 0 bridgehead atoms. The zero-order chi connectivity index (χ0) is 12.9. The number of carbonyl (C=O) groups excluding carboxylic acids is 1. The van der Waals surface area contributed by atoms with Crippen LogP contribution >= 0.6 is 11.6 Å². The Bertz CT molecular complexity index is 485. The summed E-state index contributed by atoms with van der Waals surface area (Å²) in [5, 5.41) is 2.93. The summed E-state index contributed by atoms with van der Waals surface area (Å²) in [7, 11) is -3.40. The molecule has 0 fully saturated rings. The molecule has 0 aliphatic carbocycles. The van der Waals surface area contributed by atoms with Crippen molar-refractivity contribution >= 4 is 27.3 Å².